The van der Waals surface area contributed by atoms with Gasteiger partial charge in [0, 0.05) is 48.1 Å². The van der Waals surface area contributed by atoms with Crippen LogP contribution in [-0.4, -0.2) is 30.9 Å². The fraction of sp³-hybridized carbons (Fsp3) is 0.261. The fourth-order valence-electron chi connectivity index (χ4n) is 4.42. The Morgan fingerprint density at radius 1 is 1.18 bits per heavy atom. The Bertz CT molecular complexity index is 1420. The number of pyridine rings is 2. The lowest BCUT2D eigenvalue weighted by atomic mass is 9.97. The maximum Gasteiger partial charge on any atom is 0.229 e. The molecule has 1 amide bonds. The summed E-state index contributed by atoms with van der Waals surface area (Å²) in [6.45, 7) is 3.81. The Kier molecular flexibility index (Phi) is 4.73. The molecule has 5 rings (SSSR count). The summed E-state index contributed by atoms with van der Waals surface area (Å²) in [5, 5.41) is 12.1. The number of hydrogen-bond acceptors (Lipinski definition) is 7. The van der Waals surface area contributed by atoms with Gasteiger partial charge in [0.1, 0.15) is 5.82 Å². The monoisotopic (exact) mass is 446 g/mol. The van der Waals surface area contributed by atoms with Crippen LogP contribution in [0.2, 0.25) is 0 Å². The van der Waals surface area contributed by atoms with Crippen molar-refractivity contribution >= 4 is 33.9 Å². The number of aromatic nitrogens is 5. The molecule has 5 N–H and O–H groups in total. The summed E-state index contributed by atoms with van der Waals surface area (Å²) in [6, 6.07) is 3.36. The molecule has 33 heavy (non-hydrogen) atoms. The van der Waals surface area contributed by atoms with Crippen molar-refractivity contribution in [3.63, 3.8) is 0 Å². The molecule has 1 fully saturated rings. The molecule has 0 aliphatic heterocycles. The summed E-state index contributed by atoms with van der Waals surface area (Å²) in [4.78, 5) is 21.3. The quantitative estimate of drug-likeness (QED) is 0.410. The molecule has 3 heterocycles. The predicted octanol–water partition coefficient (Wildman–Crippen LogP) is 3.03. The summed E-state index contributed by atoms with van der Waals surface area (Å²) in [6.07, 6.45) is 6.37. The summed E-state index contributed by atoms with van der Waals surface area (Å²) in [5.41, 5.74) is 14.8. The highest BCUT2D eigenvalue weighted by Crippen LogP contribution is 2.53. The lowest BCUT2D eigenvalue weighted by molar-refractivity contribution is -0.117. The number of halogens is 1. The second-order valence-corrected chi connectivity index (χ2v) is 8.56. The zero-order valence-corrected chi connectivity index (χ0v) is 18.4. The van der Waals surface area contributed by atoms with Crippen molar-refractivity contribution in [2.24, 2.45) is 18.9 Å². The number of carbonyl (C=O) groups excluding carboxylic acids is 1. The van der Waals surface area contributed by atoms with E-state index in [2.05, 4.69) is 25.6 Å². The highest BCUT2D eigenvalue weighted by molar-refractivity contribution is 6.01. The average molecular weight is 446 g/mol. The van der Waals surface area contributed by atoms with Gasteiger partial charge in [0.25, 0.3) is 0 Å². The van der Waals surface area contributed by atoms with Crippen molar-refractivity contribution in [2.75, 3.05) is 16.8 Å². The van der Waals surface area contributed by atoms with E-state index >= 15 is 4.39 Å². The first kappa shape index (κ1) is 20.8. The van der Waals surface area contributed by atoms with Crippen LogP contribution in [0.15, 0.2) is 36.9 Å². The number of anilines is 3. The van der Waals surface area contributed by atoms with Gasteiger partial charge in [-0.25, -0.2) is 9.37 Å². The molecular formula is C23H23FN8O. The molecule has 1 aromatic carbocycles. The van der Waals surface area contributed by atoms with Crippen LogP contribution in [0.3, 0.4) is 0 Å². The number of fused-ring (bicyclic) bond motifs is 1. The third-order valence-corrected chi connectivity index (χ3v) is 6.44. The molecule has 4 aromatic rings. The van der Waals surface area contributed by atoms with Gasteiger partial charge in [-0.1, -0.05) is 12.1 Å². The zero-order valence-electron chi connectivity index (χ0n) is 18.4. The smallest absolute Gasteiger partial charge is 0.229 e. The molecule has 1 aliphatic rings. The van der Waals surface area contributed by atoms with Crippen molar-refractivity contribution < 1.29 is 9.18 Å². The first-order chi connectivity index (χ1) is 15.8. The highest BCUT2D eigenvalue weighted by atomic mass is 19.1. The van der Waals surface area contributed by atoms with Crippen molar-refractivity contribution in [1.29, 1.82) is 0 Å². The Morgan fingerprint density at radius 2 is 1.97 bits per heavy atom. The van der Waals surface area contributed by atoms with Gasteiger partial charge in [0.15, 0.2) is 5.82 Å². The maximum atomic E-state index is 15.1. The Labute approximate surface area is 189 Å². The Balaban J connectivity index is 1.46. The molecule has 1 saturated carbocycles. The van der Waals surface area contributed by atoms with Gasteiger partial charge in [0.2, 0.25) is 5.91 Å². The van der Waals surface area contributed by atoms with E-state index in [1.165, 1.54) is 12.4 Å². The van der Waals surface area contributed by atoms with Crippen LogP contribution in [0.5, 0.6) is 0 Å². The normalized spacial score (nSPS) is 19.6. The van der Waals surface area contributed by atoms with Crippen molar-refractivity contribution in [3.8, 4) is 11.1 Å². The van der Waals surface area contributed by atoms with E-state index in [4.69, 9.17) is 11.5 Å². The van der Waals surface area contributed by atoms with Crippen LogP contribution in [0.1, 0.15) is 24.1 Å². The van der Waals surface area contributed by atoms with Gasteiger partial charge in [-0.15, -0.1) is 5.10 Å². The van der Waals surface area contributed by atoms with E-state index in [0.717, 1.165) is 5.69 Å². The molecule has 3 atom stereocenters. The number of benzene rings is 1. The van der Waals surface area contributed by atoms with Crippen LogP contribution in [0.25, 0.3) is 21.9 Å². The second kappa shape index (κ2) is 7.51. The summed E-state index contributed by atoms with van der Waals surface area (Å²) >= 11 is 0. The van der Waals surface area contributed by atoms with Crippen LogP contribution in [-0.2, 0) is 11.8 Å². The number of carbonyl (C=O) groups is 1. The van der Waals surface area contributed by atoms with Gasteiger partial charge in [-0.3, -0.25) is 14.5 Å². The SMILES string of the molecule is Cc1c(N)cncc1-c1cc2cc(NC(=O)[C@@H]3[C@H](C)[C@H]3c3cn(C)nn3)ncc2c(N)c1F. The molecule has 0 radical (unpaired) electrons. The van der Waals surface area contributed by atoms with Crippen LogP contribution in [0.4, 0.5) is 21.6 Å². The summed E-state index contributed by atoms with van der Waals surface area (Å²) in [5.74, 6) is -0.378. The number of rotatable bonds is 4. The lowest BCUT2D eigenvalue weighted by Crippen LogP contribution is -2.16. The van der Waals surface area contributed by atoms with E-state index in [-0.39, 0.29) is 29.3 Å². The van der Waals surface area contributed by atoms with Gasteiger partial charge >= 0.3 is 0 Å². The number of nitrogens with zero attached hydrogens (tertiary/aromatic N) is 5. The molecule has 1 aliphatic carbocycles. The number of hydrogen-bond donors (Lipinski definition) is 3. The Hall–Kier alpha value is -4.08. The first-order valence-corrected chi connectivity index (χ1v) is 10.5. The summed E-state index contributed by atoms with van der Waals surface area (Å²) in [7, 11) is 1.79. The molecule has 168 valence electrons. The first-order valence-electron chi connectivity index (χ1n) is 10.5. The molecule has 0 spiro atoms. The number of nitrogens with one attached hydrogen (secondary N) is 1. The van der Waals surface area contributed by atoms with E-state index in [1.807, 2.05) is 13.1 Å². The van der Waals surface area contributed by atoms with E-state index < -0.39 is 5.82 Å². The van der Waals surface area contributed by atoms with E-state index in [0.29, 0.717) is 39.0 Å². The standard InChI is InChI=1S/C23H23FN8O/c1-10-14(6-27-8-16(10)25)13-4-12-5-18(28-7-15(12)22(26)21(13)24)29-23(33)20-11(2)19(20)17-9-32(3)31-30-17/h4-9,11,19-20H,25-26H2,1-3H3,(H,28,29,33)/t11-,19+,20-/m1/s1. The topological polar surface area (TPSA) is 138 Å². The van der Waals surface area contributed by atoms with Crippen molar-refractivity contribution in [3.05, 3.63) is 54.0 Å². The molecule has 0 saturated heterocycles. The molecule has 3 aromatic heterocycles. The molecule has 0 unspecified atom stereocenters. The highest BCUT2D eigenvalue weighted by Gasteiger charge is 2.54. The molecule has 10 heteroatoms. The second-order valence-electron chi connectivity index (χ2n) is 8.56. The van der Waals surface area contributed by atoms with Crippen molar-refractivity contribution in [2.45, 2.75) is 19.8 Å². The number of nitrogens with two attached hydrogens (primary N) is 2. The minimum atomic E-state index is -0.560. The number of amides is 1. The largest absolute Gasteiger partial charge is 0.397 e. The van der Waals surface area contributed by atoms with E-state index in [1.54, 1.807) is 37.0 Å². The lowest BCUT2D eigenvalue weighted by Gasteiger charge is -2.13. The molecule has 0 bridgehead atoms. The Morgan fingerprint density at radius 3 is 2.70 bits per heavy atom. The zero-order chi connectivity index (χ0) is 23.4. The molecule has 9 nitrogen and oxygen atoms in total. The van der Waals surface area contributed by atoms with Crippen LogP contribution < -0.4 is 16.8 Å². The minimum absolute atomic E-state index is 0.0202. The number of aryl methyl sites for hydroxylation is 1. The van der Waals surface area contributed by atoms with Gasteiger partial charge in [-0.05, 0) is 35.9 Å². The van der Waals surface area contributed by atoms with E-state index in [9.17, 15) is 4.79 Å². The van der Waals surface area contributed by atoms with Crippen molar-refractivity contribution in [1.82, 2.24) is 25.0 Å². The predicted molar refractivity (Wildman–Crippen MR) is 124 cm³/mol. The van der Waals surface area contributed by atoms with Gasteiger partial charge < -0.3 is 16.8 Å². The third-order valence-electron chi connectivity index (χ3n) is 6.44. The third kappa shape index (κ3) is 3.43. The van der Waals surface area contributed by atoms with Crippen LogP contribution >= 0.6 is 0 Å². The van der Waals surface area contributed by atoms with Crippen LogP contribution in [0, 0.1) is 24.6 Å². The van der Waals surface area contributed by atoms with Gasteiger partial charge in [-0.2, -0.15) is 0 Å². The maximum absolute atomic E-state index is 15.1. The minimum Gasteiger partial charge on any atom is -0.397 e. The average Bonchev–Trinajstić information content (AvgIpc) is 3.27. The van der Waals surface area contributed by atoms with Gasteiger partial charge in [0.05, 0.1) is 29.2 Å². The fourth-order valence-corrected chi connectivity index (χ4v) is 4.42. The molecular weight excluding hydrogens is 423 g/mol. The summed E-state index contributed by atoms with van der Waals surface area (Å²) < 4.78 is 16.7. The number of nitrogen functional groups attached to an aromatic ring is 2.